The van der Waals surface area contributed by atoms with Crippen LogP contribution >= 0.6 is 0 Å². The lowest BCUT2D eigenvalue weighted by Gasteiger charge is -2.23. The van der Waals surface area contributed by atoms with Gasteiger partial charge in [0.15, 0.2) is 6.29 Å². The molecule has 2 rings (SSSR count). The van der Waals surface area contributed by atoms with Gasteiger partial charge < -0.3 is 26.2 Å². The van der Waals surface area contributed by atoms with Crippen LogP contribution in [-0.2, 0) is 9.59 Å². The van der Waals surface area contributed by atoms with Gasteiger partial charge in [-0.3, -0.25) is 4.79 Å². The maximum Gasteiger partial charge on any atom is 0.328 e. The van der Waals surface area contributed by atoms with E-state index in [0.29, 0.717) is 5.57 Å². The Morgan fingerprint density at radius 1 is 1.41 bits per heavy atom. The first-order valence-corrected chi connectivity index (χ1v) is 5.11. The van der Waals surface area contributed by atoms with Crippen LogP contribution in [0.1, 0.15) is 6.42 Å². The third kappa shape index (κ3) is 1.63. The molecule has 4 unspecified atom stereocenters. The monoisotopic (exact) mass is 243 g/mol. The highest BCUT2D eigenvalue weighted by Crippen LogP contribution is 2.64. The van der Waals surface area contributed by atoms with Crippen LogP contribution in [0.2, 0.25) is 0 Å². The highest BCUT2D eigenvalue weighted by Gasteiger charge is 2.71. The van der Waals surface area contributed by atoms with Crippen molar-refractivity contribution >= 4 is 11.9 Å². The van der Waals surface area contributed by atoms with Crippen LogP contribution < -0.4 is 5.73 Å². The Hall–Kier alpha value is -1.44. The maximum atomic E-state index is 11.1. The molecule has 0 aliphatic heterocycles. The lowest BCUT2D eigenvalue weighted by atomic mass is 9.90. The quantitative estimate of drug-likeness (QED) is 0.295. The topological polar surface area (TPSA) is 141 Å². The number of aliphatic hydroxyl groups excluding tert-OH is 1. The molecular formula is C10H13NO6. The van der Waals surface area contributed by atoms with Crippen molar-refractivity contribution in [3.63, 3.8) is 0 Å². The SMILES string of the molecule is NC1(C(=O)O)C/C(=C/C(=O)O)C2C(C(O)O)C21. The van der Waals surface area contributed by atoms with Gasteiger partial charge in [0.2, 0.25) is 0 Å². The van der Waals surface area contributed by atoms with E-state index in [9.17, 15) is 9.59 Å². The fraction of sp³-hybridized carbons (Fsp3) is 0.600. The van der Waals surface area contributed by atoms with Crippen LogP contribution in [0.4, 0.5) is 0 Å². The van der Waals surface area contributed by atoms with E-state index in [0.717, 1.165) is 6.08 Å². The van der Waals surface area contributed by atoms with Crippen molar-refractivity contribution in [2.45, 2.75) is 18.2 Å². The Morgan fingerprint density at radius 2 is 2.00 bits per heavy atom. The highest BCUT2D eigenvalue weighted by atomic mass is 16.5. The summed E-state index contributed by atoms with van der Waals surface area (Å²) >= 11 is 0. The fourth-order valence-electron chi connectivity index (χ4n) is 2.94. The average Bonchev–Trinajstić information content (AvgIpc) is 2.84. The van der Waals surface area contributed by atoms with Gasteiger partial charge in [-0.25, -0.2) is 4.79 Å². The molecule has 7 nitrogen and oxygen atoms in total. The van der Waals surface area contributed by atoms with Gasteiger partial charge in [0.1, 0.15) is 5.54 Å². The molecule has 0 aromatic heterocycles. The van der Waals surface area contributed by atoms with Crippen LogP contribution in [0.3, 0.4) is 0 Å². The predicted octanol–water partition coefficient (Wildman–Crippen LogP) is -1.64. The average molecular weight is 243 g/mol. The summed E-state index contributed by atoms with van der Waals surface area (Å²) in [6.07, 6.45) is -0.824. The summed E-state index contributed by atoms with van der Waals surface area (Å²) in [5, 5.41) is 35.9. The molecule has 2 aliphatic carbocycles. The summed E-state index contributed by atoms with van der Waals surface area (Å²) < 4.78 is 0. The Kier molecular flexibility index (Phi) is 2.49. The number of nitrogens with two attached hydrogens (primary N) is 1. The van der Waals surface area contributed by atoms with Crippen molar-refractivity contribution in [3.05, 3.63) is 11.6 Å². The molecule has 0 amide bonds. The zero-order chi connectivity index (χ0) is 13.0. The Bertz CT molecular complexity index is 417. The molecule has 2 aliphatic rings. The third-order valence-corrected chi connectivity index (χ3v) is 3.65. The fourth-order valence-corrected chi connectivity index (χ4v) is 2.94. The number of hydrogen-bond acceptors (Lipinski definition) is 5. The van der Waals surface area contributed by atoms with Gasteiger partial charge in [-0.2, -0.15) is 0 Å². The van der Waals surface area contributed by atoms with Gasteiger partial charge in [0, 0.05) is 17.9 Å². The Balaban J connectivity index is 2.33. The predicted molar refractivity (Wildman–Crippen MR) is 53.6 cm³/mol. The summed E-state index contributed by atoms with van der Waals surface area (Å²) in [5.41, 5.74) is 4.50. The Labute approximate surface area is 96.2 Å². The van der Waals surface area contributed by atoms with E-state index in [4.69, 9.17) is 26.2 Å². The van der Waals surface area contributed by atoms with Gasteiger partial charge in [0.05, 0.1) is 0 Å². The number of hydrogen-bond donors (Lipinski definition) is 5. The van der Waals surface area contributed by atoms with E-state index in [1.165, 1.54) is 0 Å². The summed E-state index contributed by atoms with van der Waals surface area (Å²) in [7, 11) is 0. The second kappa shape index (κ2) is 3.52. The molecule has 0 aromatic carbocycles. The van der Waals surface area contributed by atoms with Crippen molar-refractivity contribution in [2.24, 2.45) is 23.5 Å². The van der Waals surface area contributed by atoms with E-state index >= 15 is 0 Å². The minimum Gasteiger partial charge on any atom is -0.480 e. The zero-order valence-electron chi connectivity index (χ0n) is 8.78. The number of carboxylic acids is 2. The van der Waals surface area contributed by atoms with Crippen molar-refractivity contribution < 1.29 is 30.0 Å². The molecule has 2 fully saturated rings. The van der Waals surface area contributed by atoms with Crippen molar-refractivity contribution in [3.8, 4) is 0 Å². The first-order chi connectivity index (χ1) is 7.79. The molecular weight excluding hydrogens is 230 g/mol. The van der Waals surface area contributed by atoms with Crippen molar-refractivity contribution in [2.75, 3.05) is 0 Å². The lowest BCUT2D eigenvalue weighted by molar-refractivity contribution is -0.145. The molecule has 7 heteroatoms. The highest BCUT2D eigenvalue weighted by molar-refractivity contribution is 5.85. The molecule has 6 N–H and O–H groups in total. The summed E-state index contributed by atoms with van der Waals surface area (Å²) in [5.74, 6) is -4.18. The molecule has 0 aromatic rings. The second-order valence-electron chi connectivity index (χ2n) is 4.62. The largest absolute Gasteiger partial charge is 0.480 e. The van der Waals surface area contributed by atoms with Gasteiger partial charge in [0.25, 0.3) is 0 Å². The molecule has 4 atom stereocenters. The summed E-state index contributed by atoms with van der Waals surface area (Å²) in [6.45, 7) is 0. The first-order valence-electron chi connectivity index (χ1n) is 5.11. The smallest absolute Gasteiger partial charge is 0.328 e. The summed E-state index contributed by atoms with van der Waals surface area (Å²) in [6, 6.07) is 0. The van der Waals surface area contributed by atoms with Crippen LogP contribution in [0.15, 0.2) is 11.6 Å². The number of aliphatic carboxylic acids is 2. The van der Waals surface area contributed by atoms with Crippen LogP contribution in [0.5, 0.6) is 0 Å². The molecule has 2 saturated carbocycles. The zero-order valence-corrected chi connectivity index (χ0v) is 8.78. The van der Waals surface area contributed by atoms with E-state index in [1.54, 1.807) is 0 Å². The molecule has 94 valence electrons. The van der Waals surface area contributed by atoms with E-state index < -0.39 is 41.5 Å². The second-order valence-corrected chi connectivity index (χ2v) is 4.62. The number of fused-ring (bicyclic) bond motifs is 1. The molecule has 0 heterocycles. The number of carboxylic acid groups (broad SMARTS) is 2. The van der Waals surface area contributed by atoms with E-state index in [1.807, 2.05) is 0 Å². The van der Waals surface area contributed by atoms with Gasteiger partial charge in [-0.1, -0.05) is 5.57 Å². The first kappa shape index (κ1) is 12.0. The molecule has 0 radical (unpaired) electrons. The van der Waals surface area contributed by atoms with E-state index in [2.05, 4.69) is 0 Å². The maximum absolute atomic E-state index is 11.1. The molecule has 0 saturated heterocycles. The molecule has 17 heavy (non-hydrogen) atoms. The van der Waals surface area contributed by atoms with Gasteiger partial charge in [-0.05, 0) is 12.3 Å². The standard InChI is InChI=1S/C10H13NO6/c11-10(9(16)17)2-3(1-4(12)13)5-6(7(5)10)8(14)15/h1,5-8,14-15H,2,11H2,(H,12,13)(H,16,17)/b3-1-. The van der Waals surface area contributed by atoms with Crippen LogP contribution in [0.25, 0.3) is 0 Å². The van der Waals surface area contributed by atoms with Crippen LogP contribution in [0, 0.1) is 17.8 Å². The minimum absolute atomic E-state index is 0.0623. The lowest BCUT2D eigenvalue weighted by Crippen LogP contribution is -2.49. The summed E-state index contributed by atoms with van der Waals surface area (Å²) in [4.78, 5) is 21.7. The normalized spacial score (nSPS) is 41.6. The van der Waals surface area contributed by atoms with E-state index in [-0.39, 0.29) is 6.42 Å². The molecule has 0 spiro atoms. The molecule has 0 bridgehead atoms. The van der Waals surface area contributed by atoms with Gasteiger partial charge in [-0.15, -0.1) is 0 Å². The minimum atomic E-state index is -1.68. The number of rotatable bonds is 3. The Morgan fingerprint density at radius 3 is 2.41 bits per heavy atom. The third-order valence-electron chi connectivity index (χ3n) is 3.65. The van der Waals surface area contributed by atoms with Crippen molar-refractivity contribution in [1.82, 2.24) is 0 Å². The van der Waals surface area contributed by atoms with Gasteiger partial charge >= 0.3 is 11.9 Å². The number of aliphatic hydroxyl groups is 2. The number of carbonyl (C=O) groups is 2. The van der Waals surface area contributed by atoms with Crippen LogP contribution in [-0.4, -0.2) is 44.2 Å². The van der Waals surface area contributed by atoms with Crippen molar-refractivity contribution in [1.29, 1.82) is 0 Å².